The van der Waals surface area contributed by atoms with Crippen LogP contribution in [0.4, 0.5) is 0 Å². The first-order chi connectivity index (χ1) is 7.27. The Morgan fingerprint density at radius 1 is 1.47 bits per heavy atom. The summed E-state index contributed by atoms with van der Waals surface area (Å²) in [5, 5.41) is 0. The number of likely N-dealkylation sites (N-methyl/N-ethyl adjacent to an activating group) is 1. The van der Waals surface area contributed by atoms with Gasteiger partial charge < -0.3 is 15.1 Å². The van der Waals surface area contributed by atoms with E-state index in [0.29, 0.717) is 0 Å². The lowest BCUT2D eigenvalue weighted by Gasteiger charge is -2.22. The average molecular weight is 210 g/mol. The van der Waals surface area contributed by atoms with Gasteiger partial charge in [-0.05, 0) is 31.6 Å². The van der Waals surface area contributed by atoms with Crippen LogP contribution < -0.4 is 5.73 Å². The van der Waals surface area contributed by atoms with Crippen LogP contribution in [0, 0.1) is 0 Å². The molecule has 0 aliphatic heterocycles. The summed E-state index contributed by atoms with van der Waals surface area (Å²) in [7, 11) is 0. The molecule has 1 rings (SSSR count). The van der Waals surface area contributed by atoms with Crippen LogP contribution >= 0.6 is 0 Å². The second-order valence-corrected chi connectivity index (χ2v) is 3.87. The van der Waals surface area contributed by atoms with Gasteiger partial charge in [0, 0.05) is 6.54 Å². The molecule has 1 unspecified atom stereocenters. The molecule has 86 valence electrons. The monoisotopic (exact) mass is 210 g/mol. The maximum Gasteiger partial charge on any atom is 0.121 e. The van der Waals surface area contributed by atoms with E-state index in [9.17, 15) is 0 Å². The molecule has 3 nitrogen and oxygen atoms in total. The van der Waals surface area contributed by atoms with Crippen LogP contribution in [0.3, 0.4) is 0 Å². The Kier molecular flexibility index (Phi) is 5.43. The molecule has 0 radical (unpaired) electrons. The van der Waals surface area contributed by atoms with Crippen molar-refractivity contribution in [3.05, 3.63) is 24.2 Å². The zero-order valence-electron chi connectivity index (χ0n) is 9.78. The second kappa shape index (κ2) is 6.64. The molecule has 0 amide bonds. The summed E-state index contributed by atoms with van der Waals surface area (Å²) in [5.74, 6) is 0.880. The van der Waals surface area contributed by atoms with Gasteiger partial charge >= 0.3 is 0 Å². The minimum Gasteiger partial charge on any atom is -0.468 e. The molecule has 0 saturated carbocycles. The Balaban J connectivity index is 2.37. The minimum atomic E-state index is -0.00296. The summed E-state index contributed by atoms with van der Waals surface area (Å²) in [6.45, 7) is 7.44. The number of unbranched alkanes of at least 4 members (excludes halogenated alkanes) is 1. The molecule has 1 aromatic rings. The first-order valence-electron chi connectivity index (χ1n) is 5.79. The molecular formula is C12H22N2O. The molecule has 0 fully saturated rings. The largest absolute Gasteiger partial charge is 0.468 e. The van der Waals surface area contributed by atoms with Crippen LogP contribution in [0.1, 0.15) is 38.5 Å². The van der Waals surface area contributed by atoms with E-state index in [1.807, 2.05) is 12.1 Å². The quantitative estimate of drug-likeness (QED) is 0.751. The smallest absolute Gasteiger partial charge is 0.121 e. The van der Waals surface area contributed by atoms with Crippen LogP contribution in [0.5, 0.6) is 0 Å². The van der Waals surface area contributed by atoms with Gasteiger partial charge in [-0.2, -0.15) is 0 Å². The Labute approximate surface area is 92.2 Å². The molecule has 0 aromatic carbocycles. The fourth-order valence-electron chi connectivity index (χ4n) is 1.63. The molecule has 1 atom stereocenters. The van der Waals surface area contributed by atoms with Crippen molar-refractivity contribution in [3.63, 3.8) is 0 Å². The SMILES string of the molecule is CCCCN(CC)CC(N)c1ccco1. The molecule has 0 aliphatic carbocycles. The van der Waals surface area contributed by atoms with E-state index in [1.165, 1.54) is 12.8 Å². The third-order valence-electron chi connectivity index (χ3n) is 2.64. The molecule has 0 spiro atoms. The summed E-state index contributed by atoms with van der Waals surface area (Å²) in [5.41, 5.74) is 6.05. The van der Waals surface area contributed by atoms with Gasteiger partial charge in [0.15, 0.2) is 0 Å². The topological polar surface area (TPSA) is 42.4 Å². The summed E-state index contributed by atoms with van der Waals surface area (Å²) in [6, 6.07) is 3.83. The molecule has 1 aromatic heterocycles. The first kappa shape index (κ1) is 12.3. The normalized spacial score (nSPS) is 13.3. The summed E-state index contributed by atoms with van der Waals surface area (Å²) >= 11 is 0. The first-order valence-corrected chi connectivity index (χ1v) is 5.79. The van der Waals surface area contributed by atoms with Crippen LogP contribution in [-0.4, -0.2) is 24.5 Å². The summed E-state index contributed by atoms with van der Waals surface area (Å²) in [4.78, 5) is 2.37. The van der Waals surface area contributed by atoms with Crippen molar-refractivity contribution in [2.24, 2.45) is 5.73 Å². The van der Waals surface area contributed by atoms with Gasteiger partial charge in [-0.1, -0.05) is 20.3 Å². The molecule has 1 heterocycles. The van der Waals surface area contributed by atoms with Crippen molar-refractivity contribution in [3.8, 4) is 0 Å². The fourth-order valence-corrected chi connectivity index (χ4v) is 1.63. The average Bonchev–Trinajstić information content (AvgIpc) is 2.77. The van der Waals surface area contributed by atoms with E-state index in [1.54, 1.807) is 6.26 Å². The predicted octanol–water partition coefficient (Wildman–Crippen LogP) is 2.40. The molecule has 15 heavy (non-hydrogen) atoms. The highest BCUT2D eigenvalue weighted by molar-refractivity contribution is 5.03. The van der Waals surface area contributed by atoms with Gasteiger partial charge in [0.25, 0.3) is 0 Å². The highest BCUT2D eigenvalue weighted by Gasteiger charge is 2.12. The third-order valence-corrected chi connectivity index (χ3v) is 2.64. The summed E-state index contributed by atoms with van der Waals surface area (Å²) < 4.78 is 5.29. The molecular weight excluding hydrogens is 188 g/mol. The maximum absolute atomic E-state index is 6.05. The maximum atomic E-state index is 6.05. The van der Waals surface area contributed by atoms with Gasteiger partial charge in [0.2, 0.25) is 0 Å². The number of hydrogen-bond donors (Lipinski definition) is 1. The number of nitrogens with zero attached hydrogens (tertiary/aromatic N) is 1. The van der Waals surface area contributed by atoms with Crippen LogP contribution in [-0.2, 0) is 0 Å². The van der Waals surface area contributed by atoms with Crippen molar-refractivity contribution < 1.29 is 4.42 Å². The van der Waals surface area contributed by atoms with Crippen LogP contribution in [0.25, 0.3) is 0 Å². The number of furan rings is 1. The van der Waals surface area contributed by atoms with Crippen molar-refractivity contribution in [1.29, 1.82) is 0 Å². The zero-order chi connectivity index (χ0) is 11.1. The van der Waals surface area contributed by atoms with Crippen molar-refractivity contribution >= 4 is 0 Å². The highest BCUT2D eigenvalue weighted by Crippen LogP contribution is 2.12. The Hall–Kier alpha value is -0.800. The molecule has 0 bridgehead atoms. The van der Waals surface area contributed by atoms with Gasteiger partial charge in [0.1, 0.15) is 5.76 Å². The van der Waals surface area contributed by atoms with Crippen LogP contribution in [0.15, 0.2) is 22.8 Å². The number of nitrogens with two attached hydrogens (primary N) is 1. The van der Waals surface area contributed by atoms with Crippen molar-refractivity contribution in [2.45, 2.75) is 32.7 Å². The Morgan fingerprint density at radius 3 is 2.80 bits per heavy atom. The van der Waals surface area contributed by atoms with E-state index in [2.05, 4.69) is 18.7 Å². The second-order valence-electron chi connectivity index (χ2n) is 3.87. The molecule has 0 aliphatic rings. The van der Waals surface area contributed by atoms with Gasteiger partial charge in [-0.3, -0.25) is 0 Å². The standard InChI is InChI=1S/C12H22N2O/c1-3-5-8-14(4-2)10-11(13)12-7-6-9-15-12/h6-7,9,11H,3-5,8,10,13H2,1-2H3. The van der Waals surface area contributed by atoms with E-state index in [0.717, 1.165) is 25.4 Å². The number of hydrogen-bond acceptors (Lipinski definition) is 3. The van der Waals surface area contributed by atoms with Gasteiger partial charge in [-0.15, -0.1) is 0 Å². The van der Waals surface area contributed by atoms with E-state index < -0.39 is 0 Å². The lowest BCUT2D eigenvalue weighted by molar-refractivity contribution is 0.255. The van der Waals surface area contributed by atoms with Gasteiger partial charge in [0.05, 0.1) is 12.3 Å². The minimum absolute atomic E-state index is 0.00296. The van der Waals surface area contributed by atoms with Crippen LogP contribution in [0.2, 0.25) is 0 Å². The third kappa shape index (κ3) is 4.06. The van der Waals surface area contributed by atoms with E-state index >= 15 is 0 Å². The number of rotatable bonds is 7. The van der Waals surface area contributed by atoms with Crippen molar-refractivity contribution in [2.75, 3.05) is 19.6 Å². The van der Waals surface area contributed by atoms with Crippen molar-refractivity contribution in [1.82, 2.24) is 4.90 Å². The van der Waals surface area contributed by atoms with E-state index in [4.69, 9.17) is 10.2 Å². The Bertz CT molecular complexity index is 246. The Morgan fingerprint density at radius 2 is 2.27 bits per heavy atom. The van der Waals surface area contributed by atoms with Gasteiger partial charge in [-0.25, -0.2) is 0 Å². The zero-order valence-corrected chi connectivity index (χ0v) is 9.78. The lowest BCUT2D eigenvalue weighted by Crippen LogP contribution is -2.32. The van der Waals surface area contributed by atoms with E-state index in [-0.39, 0.29) is 6.04 Å². The fraction of sp³-hybridized carbons (Fsp3) is 0.667. The molecule has 0 saturated heterocycles. The summed E-state index contributed by atoms with van der Waals surface area (Å²) in [6.07, 6.45) is 4.14. The lowest BCUT2D eigenvalue weighted by atomic mass is 10.2. The predicted molar refractivity (Wildman–Crippen MR) is 62.7 cm³/mol. The highest BCUT2D eigenvalue weighted by atomic mass is 16.3. The molecule has 2 N–H and O–H groups in total. The molecule has 3 heteroatoms.